The van der Waals surface area contributed by atoms with Crippen LogP contribution in [-0.4, -0.2) is 26.9 Å². The molecule has 6 aromatic carbocycles. The Morgan fingerprint density at radius 2 is 1.26 bits per heavy atom. The van der Waals surface area contributed by atoms with Gasteiger partial charge in [0.15, 0.2) is 17.5 Å². The zero-order chi connectivity index (χ0) is 42.9. The first-order valence-corrected chi connectivity index (χ1v) is 21.3. The monoisotopic (exact) mass is 808 g/mol. The highest BCUT2D eigenvalue weighted by Crippen LogP contribution is 2.50. The molecule has 0 amide bonds. The minimum Gasteiger partial charge on any atom is -0.461 e. The van der Waals surface area contributed by atoms with Crippen molar-refractivity contribution >= 4 is 38.5 Å². The van der Waals surface area contributed by atoms with Crippen molar-refractivity contribution in [3.63, 3.8) is 0 Å². The van der Waals surface area contributed by atoms with Gasteiger partial charge in [0.05, 0.1) is 0 Å². The molecule has 1 aliphatic carbocycles. The van der Waals surface area contributed by atoms with Crippen LogP contribution >= 0.6 is 0 Å². The van der Waals surface area contributed by atoms with Crippen molar-refractivity contribution in [2.75, 3.05) is 7.05 Å². The first-order valence-electron chi connectivity index (χ1n) is 21.3. The number of rotatable bonds is 8. The van der Waals surface area contributed by atoms with E-state index in [1.165, 1.54) is 27.8 Å². The summed E-state index contributed by atoms with van der Waals surface area (Å²) in [5, 5.41) is 2.99. The van der Waals surface area contributed by atoms with E-state index in [9.17, 15) is 0 Å². The molecule has 0 saturated carbocycles. The van der Waals surface area contributed by atoms with E-state index in [4.69, 9.17) is 23.8 Å². The summed E-state index contributed by atoms with van der Waals surface area (Å²) in [5.41, 5.74) is 16.8. The number of aromatic nitrogens is 3. The van der Waals surface area contributed by atoms with Crippen LogP contribution in [0.25, 0.3) is 83.8 Å². The van der Waals surface area contributed by atoms with Crippen molar-refractivity contribution in [2.24, 2.45) is 0 Å². The van der Waals surface area contributed by atoms with Crippen molar-refractivity contribution in [2.45, 2.75) is 53.9 Å². The fourth-order valence-corrected chi connectivity index (χ4v) is 9.49. The van der Waals surface area contributed by atoms with E-state index in [1.807, 2.05) is 42.5 Å². The molecule has 9 aromatic rings. The molecular weight excluding hydrogens is 761 g/mol. The summed E-state index contributed by atoms with van der Waals surface area (Å²) < 4.78 is 13.1. The summed E-state index contributed by atoms with van der Waals surface area (Å²) in [4.78, 5) is 18.0. The Labute approximate surface area is 362 Å². The van der Waals surface area contributed by atoms with Crippen LogP contribution in [0.15, 0.2) is 171 Å². The molecule has 0 atom stereocenters. The van der Waals surface area contributed by atoms with Crippen molar-refractivity contribution < 1.29 is 8.83 Å². The molecule has 10 rings (SSSR count). The second kappa shape index (κ2) is 15.0. The highest BCUT2D eigenvalue weighted by molar-refractivity contribution is 6.13. The fourth-order valence-electron chi connectivity index (χ4n) is 9.49. The molecule has 6 nitrogen and oxygen atoms in total. The first-order chi connectivity index (χ1) is 30.0. The zero-order valence-corrected chi connectivity index (χ0v) is 36.5. The number of hydrogen-bond donors (Lipinski definition) is 0. The lowest BCUT2D eigenvalue weighted by Crippen LogP contribution is -2.17. The van der Waals surface area contributed by atoms with E-state index in [-0.39, 0.29) is 5.41 Å². The molecule has 62 heavy (non-hydrogen) atoms. The van der Waals surface area contributed by atoms with Gasteiger partial charge in [0.1, 0.15) is 22.5 Å². The maximum absolute atomic E-state index is 6.64. The summed E-state index contributed by atoms with van der Waals surface area (Å²) in [6.45, 7) is 15.2. The molecule has 1 aliphatic rings. The molecule has 0 saturated heterocycles. The number of aryl methyl sites for hydroxylation is 1. The molecule has 0 fully saturated rings. The van der Waals surface area contributed by atoms with Crippen LogP contribution in [0.1, 0.15) is 69.6 Å². The molecule has 0 radical (unpaired) electrons. The Morgan fingerprint density at radius 1 is 0.597 bits per heavy atom. The third-order valence-electron chi connectivity index (χ3n) is 12.6. The van der Waals surface area contributed by atoms with E-state index in [2.05, 4.69) is 164 Å². The summed E-state index contributed by atoms with van der Waals surface area (Å²) in [7, 11) is 2.14. The third kappa shape index (κ3) is 6.28. The van der Waals surface area contributed by atoms with Crippen molar-refractivity contribution in [3.8, 4) is 45.3 Å². The number of hydrogen-bond acceptors (Lipinski definition) is 6. The molecule has 3 aromatic heterocycles. The van der Waals surface area contributed by atoms with Gasteiger partial charge in [-0.15, -0.1) is 0 Å². The van der Waals surface area contributed by atoms with Gasteiger partial charge in [-0.2, -0.15) is 0 Å². The Bertz CT molecular complexity index is 3340. The van der Waals surface area contributed by atoms with Gasteiger partial charge < -0.3 is 13.7 Å². The third-order valence-corrected chi connectivity index (χ3v) is 12.6. The summed E-state index contributed by atoms with van der Waals surface area (Å²) in [6.07, 6.45) is 4.26. The number of benzene rings is 6. The van der Waals surface area contributed by atoms with Gasteiger partial charge in [0, 0.05) is 67.8 Å². The van der Waals surface area contributed by atoms with Crippen molar-refractivity contribution in [1.29, 1.82) is 0 Å². The molecule has 0 aliphatic heterocycles. The molecule has 0 bridgehead atoms. The lowest BCUT2D eigenvalue weighted by molar-refractivity contribution is 0.532. The van der Waals surface area contributed by atoms with Gasteiger partial charge in [-0.25, -0.2) is 15.0 Å². The lowest BCUT2D eigenvalue weighted by Gasteiger charge is -2.26. The molecule has 304 valence electrons. The number of furan rings is 2. The lowest BCUT2D eigenvalue weighted by atomic mass is 9.82. The summed E-state index contributed by atoms with van der Waals surface area (Å²) in [6, 6.07) is 46.5. The minimum atomic E-state index is -0.166. The van der Waals surface area contributed by atoms with Crippen LogP contribution in [0.5, 0.6) is 0 Å². The number of nitrogens with zero attached hydrogens (tertiary/aromatic N) is 4. The minimum absolute atomic E-state index is 0.166. The van der Waals surface area contributed by atoms with Gasteiger partial charge in [-0.3, -0.25) is 0 Å². The highest BCUT2D eigenvalue weighted by Gasteiger charge is 2.35. The van der Waals surface area contributed by atoms with Crippen LogP contribution in [0.4, 0.5) is 0 Å². The molecular formula is C56H48N4O2. The van der Waals surface area contributed by atoms with Gasteiger partial charge in [-0.05, 0) is 98.8 Å². The maximum Gasteiger partial charge on any atom is 0.164 e. The van der Waals surface area contributed by atoms with Crippen molar-refractivity contribution in [3.05, 3.63) is 191 Å². The van der Waals surface area contributed by atoms with Crippen LogP contribution < -0.4 is 0 Å². The predicted molar refractivity (Wildman–Crippen MR) is 255 cm³/mol. The van der Waals surface area contributed by atoms with E-state index in [0.717, 1.165) is 83.5 Å². The average molecular weight is 809 g/mol. The normalized spacial score (nSPS) is 13.5. The SMILES string of the molecule is C/C=C\C(=C(C)C)N(C)/C(C)=C(\c1ccc2oc3cccc(-c4nc(-c5ccccc5)nc(-c5ccc6c(c5)C(C)(C)c5ccccc5-6)n4)c3c2c1)c1c(C)oc2ccccc12. The van der Waals surface area contributed by atoms with Gasteiger partial charge in [-0.1, -0.05) is 129 Å². The number of fused-ring (bicyclic) bond motifs is 7. The van der Waals surface area contributed by atoms with Crippen LogP contribution in [0.3, 0.4) is 0 Å². The fraction of sp³-hybridized carbons (Fsp3) is 0.161. The van der Waals surface area contributed by atoms with Crippen molar-refractivity contribution in [1.82, 2.24) is 19.9 Å². The zero-order valence-electron chi connectivity index (χ0n) is 36.5. The summed E-state index contributed by atoms with van der Waals surface area (Å²) >= 11 is 0. The maximum atomic E-state index is 6.64. The smallest absolute Gasteiger partial charge is 0.164 e. The average Bonchev–Trinajstić information content (AvgIpc) is 3.91. The number of likely N-dealkylation sites (N-methyl/N-ethyl adjacent to an activating group) is 1. The highest BCUT2D eigenvalue weighted by atomic mass is 16.3. The Kier molecular flexibility index (Phi) is 9.40. The topological polar surface area (TPSA) is 68.2 Å². The Balaban J connectivity index is 1.19. The largest absolute Gasteiger partial charge is 0.461 e. The van der Waals surface area contributed by atoms with E-state index in [0.29, 0.717) is 17.5 Å². The van der Waals surface area contributed by atoms with Crippen LogP contribution in [-0.2, 0) is 5.41 Å². The summed E-state index contributed by atoms with van der Waals surface area (Å²) in [5.74, 6) is 2.68. The second-order valence-corrected chi connectivity index (χ2v) is 17.0. The van der Waals surface area contributed by atoms with Gasteiger partial charge >= 0.3 is 0 Å². The van der Waals surface area contributed by atoms with Crippen LogP contribution in [0.2, 0.25) is 0 Å². The predicted octanol–water partition coefficient (Wildman–Crippen LogP) is 14.7. The molecule has 0 N–H and O–H groups in total. The van der Waals surface area contributed by atoms with E-state index >= 15 is 0 Å². The quantitative estimate of drug-likeness (QED) is 0.142. The Hall–Kier alpha value is -7.31. The van der Waals surface area contributed by atoms with Gasteiger partial charge in [0.25, 0.3) is 0 Å². The molecule has 0 spiro atoms. The van der Waals surface area contributed by atoms with E-state index in [1.54, 1.807) is 0 Å². The van der Waals surface area contributed by atoms with Crippen LogP contribution in [0, 0.1) is 6.92 Å². The first kappa shape index (κ1) is 38.9. The van der Waals surface area contributed by atoms with E-state index < -0.39 is 0 Å². The number of allylic oxidation sites excluding steroid dienone is 4. The molecule has 6 heteroatoms. The number of para-hydroxylation sites is 1. The standard InChI is InChI=1S/C56H48N4O2/c1-9-18-46(33(2)3)60(8)34(4)50(51-35(5)61-47-25-16-14-22-41(47)51)37-28-30-48-43(31-37)52-42(23-17-26-49(52)62-48)55-58-53(36-19-11-10-12-20-36)57-54(59-55)38-27-29-40-39-21-13-15-24-44(39)56(6,7)45(40)32-38/h9-32H,1-8H3/b18-9-,50-34+. The molecule has 0 unspecified atom stereocenters. The second-order valence-electron chi connectivity index (χ2n) is 17.0. The Morgan fingerprint density at radius 3 is 2.05 bits per heavy atom. The molecule has 3 heterocycles. The van der Waals surface area contributed by atoms with Gasteiger partial charge in [0.2, 0.25) is 0 Å².